The molecule has 110 valence electrons. The van der Waals surface area contributed by atoms with Gasteiger partial charge in [0, 0.05) is 13.1 Å². The molecule has 2 heteroatoms. The standard InChI is InChI=1S/C18H27NO/c1-18(14-19(2)12-13-20-18)17-10-8-16(9-11-17)15-6-4-3-5-7-15/h8-11,15H,3-7,12-14H2,1-2H3. The molecule has 1 atom stereocenters. The summed E-state index contributed by atoms with van der Waals surface area (Å²) in [7, 11) is 2.18. The molecule has 1 aromatic carbocycles. The second-order valence-corrected chi connectivity index (χ2v) is 6.77. The number of likely N-dealkylation sites (N-methyl/N-ethyl adjacent to an activating group) is 1. The zero-order valence-electron chi connectivity index (χ0n) is 12.9. The average molecular weight is 273 g/mol. The Bertz CT molecular complexity index is 435. The van der Waals surface area contributed by atoms with Crippen molar-refractivity contribution in [3.63, 3.8) is 0 Å². The van der Waals surface area contributed by atoms with Crippen LogP contribution in [0.25, 0.3) is 0 Å². The zero-order valence-corrected chi connectivity index (χ0v) is 12.9. The maximum Gasteiger partial charge on any atom is 0.103 e. The summed E-state index contributed by atoms with van der Waals surface area (Å²) in [5, 5.41) is 0. The first-order valence-corrected chi connectivity index (χ1v) is 8.10. The van der Waals surface area contributed by atoms with Crippen molar-refractivity contribution in [2.75, 3.05) is 26.7 Å². The minimum Gasteiger partial charge on any atom is -0.368 e. The molecule has 1 unspecified atom stereocenters. The van der Waals surface area contributed by atoms with Gasteiger partial charge in [-0.3, -0.25) is 0 Å². The van der Waals surface area contributed by atoms with E-state index in [4.69, 9.17) is 4.74 Å². The van der Waals surface area contributed by atoms with Crippen molar-refractivity contribution in [2.45, 2.75) is 50.5 Å². The molecule has 0 radical (unpaired) electrons. The lowest BCUT2D eigenvalue weighted by Gasteiger charge is -2.39. The Morgan fingerprint density at radius 3 is 2.45 bits per heavy atom. The van der Waals surface area contributed by atoms with E-state index in [2.05, 4.69) is 43.1 Å². The average Bonchev–Trinajstić information content (AvgIpc) is 2.48. The molecular weight excluding hydrogens is 246 g/mol. The summed E-state index contributed by atoms with van der Waals surface area (Å²) in [6, 6.07) is 9.27. The first-order chi connectivity index (χ1) is 9.67. The fraction of sp³-hybridized carbons (Fsp3) is 0.667. The van der Waals surface area contributed by atoms with Gasteiger partial charge in [0.2, 0.25) is 0 Å². The van der Waals surface area contributed by atoms with Crippen molar-refractivity contribution in [1.29, 1.82) is 0 Å². The minimum atomic E-state index is -0.141. The zero-order chi connectivity index (χ0) is 14.0. The smallest absolute Gasteiger partial charge is 0.103 e. The van der Waals surface area contributed by atoms with Gasteiger partial charge in [-0.15, -0.1) is 0 Å². The van der Waals surface area contributed by atoms with E-state index in [0.29, 0.717) is 0 Å². The van der Waals surface area contributed by atoms with Crippen LogP contribution in [-0.4, -0.2) is 31.6 Å². The molecule has 3 rings (SSSR count). The monoisotopic (exact) mass is 273 g/mol. The summed E-state index contributed by atoms with van der Waals surface area (Å²) in [6.07, 6.45) is 6.97. The number of nitrogens with zero attached hydrogens (tertiary/aromatic N) is 1. The maximum atomic E-state index is 6.07. The highest BCUT2D eigenvalue weighted by atomic mass is 16.5. The van der Waals surface area contributed by atoms with Crippen LogP contribution < -0.4 is 0 Å². The number of hydrogen-bond donors (Lipinski definition) is 0. The molecule has 0 bridgehead atoms. The fourth-order valence-electron chi connectivity index (χ4n) is 3.78. The topological polar surface area (TPSA) is 12.5 Å². The summed E-state index contributed by atoms with van der Waals surface area (Å²) >= 11 is 0. The predicted octanol–water partition coefficient (Wildman–Crippen LogP) is 3.91. The van der Waals surface area contributed by atoms with Crippen LogP contribution in [0.3, 0.4) is 0 Å². The van der Waals surface area contributed by atoms with E-state index < -0.39 is 0 Å². The Morgan fingerprint density at radius 1 is 1.10 bits per heavy atom. The first kappa shape index (κ1) is 14.1. The van der Waals surface area contributed by atoms with Crippen LogP contribution in [0, 0.1) is 0 Å². The molecule has 0 aromatic heterocycles. The van der Waals surface area contributed by atoms with E-state index in [-0.39, 0.29) is 5.60 Å². The van der Waals surface area contributed by atoms with E-state index in [9.17, 15) is 0 Å². The summed E-state index contributed by atoms with van der Waals surface area (Å²) < 4.78 is 6.07. The Kier molecular flexibility index (Phi) is 4.13. The first-order valence-electron chi connectivity index (χ1n) is 8.10. The third-order valence-electron chi connectivity index (χ3n) is 5.06. The molecule has 1 aliphatic heterocycles. The number of ether oxygens (including phenoxy) is 1. The highest BCUT2D eigenvalue weighted by Crippen LogP contribution is 2.34. The van der Waals surface area contributed by atoms with Crippen molar-refractivity contribution in [3.05, 3.63) is 35.4 Å². The quantitative estimate of drug-likeness (QED) is 0.810. The Morgan fingerprint density at radius 2 is 1.80 bits per heavy atom. The SMILES string of the molecule is CN1CCOC(C)(c2ccc(C3CCCCC3)cc2)C1. The van der Waals surface area contributed by atoms with Crippen LogP contribution in [0.2, 0.25) is 0 Å². The van der Waals surface area contributed by atoms with Crippen molar-refractivity contribution in [2.24, 2.45) is 0 Å². The lowest BCUT2D eigenvalue weighted by Crippen LogP contribution is -2.46. The Balaban J connectivity index is 1.75. The molecule has 1 saturated carbocycles. The fourth-order valence-corrected chi connectivity index (χ4v) is 3.78. The van der Waals surface area contributed by atoms with Gasteiger partial charge in [0.05, 0.1) is 6.61 Å². The molecule has 20 heavy (non-hydrogen) atoms. The van der Waals surface area contributed by atoms with Gasteiger partial charge in [-0.05, 0) is 43.9 Å². The van der Waals surface area contributed by atoms with Crippen LogP contribution >= 0.6 is 0 Å². The van der Waals surface area contributed by atoms with E-state index in [1.54, 1.807) is 0 Å². The second-order valence-electron chi connectivity index (χ2n) is 6.77. The number of morpholine rings is 1. The molecule has 1 heterocycles. The minimum absolute atomic E-state index is 0.141. The van der Waals surface area contributed by atoms with Crippen LogP contribution in [0.15, 0.2) is 24.3 Å². The van der Waals surface area contributed by atoms with Gasteiger partial charge in [-0.2, -0.15) is 0 Å². The number of rotatable bonds is 2. The van der Waals surface area contributed by atoms with Gasteiger partial charge in [-0.25, -0.2) is 0 Å². The van der Waals surface area contributed by atoms with Crippen LogP contribution in [-0.2, 0) is 10.3 Å². The normalized spacial score (nSPS) is 29.5. The van der Waals surface area contributed by atoms with Crippen molar-refractivity contribution in [3.8, 4) is 0 Å². The van der Waals surface area contributed by atoms with E-state index >= 15 is 0 Å². The second kappa shape index (κ2) is 5.87. The highest BCUT2D eigenvalue weighted by Gasteiger charge is 2.32. The third-order valence-corrected chi connectivity index (χ3v) is 5.06. The number of benzene rings is 1. The third kappa shape index (κ3) is 2.91. The lowest BCUT2D eigenvalue weighted by atomic mass is 9.83. The van der Waals surface area contributed by atoms with Crippen molar-refractivity contribution < 1.29 is 4.74 Å². The lowest BCUT2D eigenvalue weighted by molar-refractivity contribution is -0.0963. The molecule has 1 aromatic rings. The van der Waals surface area contributed by atoms with Gasteiger partial charge < -0.3 is 9.64 Å². The molecule has 1 saturated heterocycles. The van der Waals surface area contributed by atoms with Gasteiger partial charge in [0.25, 0.3) is 0 Å². The highest BCUT2D eigenvalue weighted by molar-refractivity contribution is 5.30. The van der Waals surface area contributed by atoms with Crippen LogP contribution in [0.5, 0.6) is 0 Å². The van der Waals surface area contributed by atoms with E-state index in [1.165, 1.54) is 43.2 Å². The van der Waals surface area contributed by atoms with Gasteiger partial charge in [0.15, 0.2) is 0 Å². The van der Waals surface area contributed by atoms with Crippen molar-refractivity contribution >= 4 is 0 Å². The summed E-state index contributed by atoms with van der Waals surface area (Å²) in [5.74, 6) is 0.792. The summed E-state index contributed by atoms with van der Waals surface area (Å²) in [5.41, 5.74) is 2.71. The van der Waals surface area contributed by atoms with Gasteiger partial charge in [0.1, 0.15) is 5.60 Å². The Hall–Kier alpha value is -0.860. The summed E-state index contributed by atoms with van der Waals surface area (Å²) in [6.45, 7) is 5.07. The van der Waals surface area contributed by atoms with E-state index in [1.807, 2.05) is 0 Å². The molecule has 1 aliphatic carbocycles. The molecule has 2 aliphatic rings. The van der Waals surface area contributed by atoms with Crippen LogP contribution in [0.1, 0.15) is 56.1 Å². The van der Waals surface area contributed by atoms with E-state index in [0.717, 1.165) is 25.6 Å². The number of hydrogen-bond acceptors (Lipinski definition) is 2. The molecule has 2 fully saturated rings. The molecule has 0 N–H and O–H groups in total. The largest absolute Gasteiger partial charge is 0.368 e. The predicted molar refractivity (Wildman–Crippen MR) is 83.1 cm³/mol. The molecular formula is C18H27NO. The molecule has 0 spiro atoms. The molecule has 0 amide bonds. The van der Waals surface area contributed by atoms with Crippen LogP contribution in [0.4, 0.5) is 0 Å². The van der Waals surface area contributed by atoms with Crippen molar-refractivity contribution in [1.82, 2.24) is 4.90 Å². The Labute approximate surface area is 123 Å². The molecule has 2 nitrogen and oxygen atoms in total. The maximum absolute atomic E-state index is 6.07. The summed E-state index contributed by atoms with van der Waals surface area (Å²) in [4.78, 5) is 2.36. The van der Waals surface area contributed by atoms with Gasteiger partial charge in [-0.1, -0.05) is 43.5 Å². The van der Waals surface area contributed by atoms with Gasteiger partial charge >= 0.3 is 0 Å².